The molecule has 3 aromatic rings. The lowest BCUT2D eigenvalue weighted by atomic mass is 9.98. The fourth-order valence-corrected chi connectivity index (χ4v) is 3.89. The van der Waals surface area contributed by atoms with Crippen LogP contribution in [0, 0.1) is 5.92 Å². The van der Waals surface area contributed by atoms with E-state index in [0.29, 0.717) is 37.9 Å². The summed E-state index contributed by atoms with van der Waals surface area (Å²) in [5.74, 6) is 1.14. The van der Waals surface area contributed by atoms with Crippen LogP contribution in [0.5, 0.6) is 5.75 Å². The highest BCUT2D eigenvalue weighted by Gasteiger charge is 2.23. The van der Waals surface area contributed by atoms with Crippen LogP contribution in [0.2, 0.25) is 0 Å². The van der Waals surface area contributed by atoms with Crippen molar-refractivity contribution in [1.29, 1.82) is 0 Å². The number of piperidine rings is 1. The summed E-state index contributed by atoms with van der Waals surface area (Å²) in [6.07, 6.45) is 7.19. The SMILES string of the molecule is CC(C)NC(=O)N1CCC(COc2coc(Cn3cc4ccccc4c3)cc2=O)CC1. The van der Waals surface area contributed by atoms with Gasteiger partial charge in [0.1, 0.15) is 12.0 Å². The minimum atomic E-state index is -0.174. The zero-order valence-electron chi connectivity index (χ0n) is 18.0. The largest absolute Gasteiger partial charge is 0.486 e. The molecular formula is C24H29N3O4. The first-order chi connectivity index (χ1) is 15.0. The minimum Gasteiger partial charge on any atom is -0.486 e. The van der Waals surface area contributed by atoms with Crippen molar-refractivity contribution in [3.8, 4) is 5.75 Å². The molecule has 2 amide bonds. The molecule has 3 heterocycles. The van der Waals surface area contributed by atoms with Crippen LogP contribution in [0.25, 0.3) is 10.8 Å². The Bertz CT molecular complexity index is 1060. The first-order valence-corrected chi connectivity index (χ1v) is 10.8. The lowest BCUT2D eigenvalue weighted by Gasteiger charge is -2.32. The molecule has 1 fully saturated rings. The summed E-state index contributed by atoms with van der Waals surface area (Å²) in [6, 6.07) is 9.74. The normalized spacial score (nSPS) is 14.9. The molecule has 0 bridgehead atoms. The van der Waals surface area contributed by atoms with Gasteiger partial charge in [-0.1, -0.05) is 24.3 Å². The molecule has 1 aliphatic heterocycles. The van der Waals surface area contributed by atoms with E-state index in [9.17, 15) is 9.59 Å². The van der Waals surface area contributed by atoms with Crippen LogP contribution in [0.1, 0.15) is 32.4 Å². The topological polar surface area (TPSA) is 76.7 Å². The molecule has 7 heteroatoms. The number of hydrogen-bond acceptors (Lipinski definition) is 4. The van der Waals surface area contributed by atoms with Crippen LogP contribution in [0.4, 0.5) is 4.79 Å². The Morgan fingerprint density at radius 3 is 2.48 bits per heavy atom. The Hall–Kier alpha value is -3.22. The van der Waals surface area contributed by atoms with E-state index in [0.717, 1.165) is 23.6 Å². The number of carbonyl (C=O) groups is 1. The predicted octanol–water partition coefficient (Wildman–Crippen LogP) is 3.85. The van der Waals surface area contributed by atoms with E-state index in [1.165, 1.54) is 12.3 Å². The number of urea groups is 1. The molecule has 2 aromatic heterocycles. The van der Waals surface area contributed by atoms with Crippen molar-refractivity contribution < 1.29 is 13.9 Å². The monoisotopic (exact) mass is 423 g/mol. The second kappa shape index (κ2) is 9.29. The van der Waals surface area contributed by atoms with Gasteiger partial charge in [0.15, 0.2) is 0 Å². The Morgan fingerprint density at radius 2 is 1.87 bits per heavy atom. The Balaban J connectivity index is 1.29. The van der Waals surface area contributed by atoms with Crippen molar-refractivity contribution in [1.82, 2.24) is 14.8 Å². The Kier molecular flexibility index (Phi) is 6.30. The van der Waals surface area contributed by atoms with Gasteiger partial charge >= 0.3 is 6.03 Å². The van der Waals surface area contributed by atoms with Crippen molar-refractivity contribution >= 4 is 16.8 Å². The standard InChI is InChI=1S/C24H29N3O4/c1-17(2)25-24(29)27-9-7-18(8-10-27)15-31-23-16-30-21(11-22(23)28)14-26-12-19-5-3-4-6-20(19)13-26/h3-6,11-13,16-18H,7-10,14-15H2,1-2H3,(H,25,29). The van der Waals surface area contributed by atoms with Gasteiger partial charge in [-0.15, -0.1) is 0 Å². The number of rotatable bonds is 6. The van der Waals surface area contributed by atoms with E-state index in [1.54, 1.807) is 0 Å². The van der Waals surface area contributed by atoms with Crippen molar-refractivity contribution in [3.05, 3.63) is 65.0 Å². The molecule has 1 aliphatic rings. The number of ether oxygens (including phenoxy) is 1. The second-order valence-corrected chi connectivity index (χ2v) is 8.48. The predicted molar refractivity (Wildman–Crippen MR) is 119 cm³/mol. The average molecular weight is 424 g/mol. The first-order valence-electron chi connectivity index (χ1n) is 10.8. The summed E-state index contributed by atoms with van der Waals surface area (Å²) in [5.41, 5.74) is -0.174. The number of nitrogens with one attached hydrogen (secondary N) is 1. The van der Waals surface area contributed by atoms with Crippen LogP contribution in [0.3, 0.4) is 0 Å². The summed E-state index contributed by atoms with van der Waals surface area (Å²) in [4.78, 5) is 26.4. The van der Waals surface area contributed by atoms with Gasteiger partial charge in [0.2, 0.25) is 11.2 Å². The van der Waals surface area contributed by atoms with E-state index >= 15 is 0 Å². The molecule has 0 spiro atoms. The third-order valence-corrected chi connectivity index (χ3v) is 5.58. The maximum atomic E-state index is 12.5. The number of nitrogens with zero attached hydrogens (tertiary/aromatic N) is 2. The highest BCUT2D eigenvalue weighted by molar-refractivity contribution is 5.82. The molecule has 7 nitrogen and oxygen atoms in total. The quantitative estimate of drug-likeness (QED) is 0.653. The Morgan fingerprint density at radius 1 is 1.19 bits per heavy atom. The molecule has 4 rings (SSSR count). The number of benzene rings is 1. The number of aromatic nitrogens is 1. The molecule has 0 radical (unpaired) electrons. The maximum absolute atomic E-state index is 12.5. The van der Waals surface area contributed by atoms with Gasteiger partial charge in [-0.2, -0.15) is 0 Å². The number of likely N-dealkylation sites (tertiary alicyclic amines) is 1. The smallest absolute Gasteiger partial charge is 0.317 e. The molecule has 1 saturated heterocycles. The van der Waals surface area contributed by atoms with Gasteiger partial charge in [0.25, 0.3) is 0 Å². The second-order valence-electron chi connectivity index (χ2n) is 8.48. The number of fused-ring (bicyclic) bond motifs is 1. The summed E-state index contributed by atoms with van der Waals surface area (Å²) >= 11 is 0. The summed E-state index contributed by atoms with van der Waals surface area (Å²) in [7, 11) is 0. The Labute approximate surface area is 181 Å². The molecule has 0 atom stereocenters. The fourth-order valence-electron chi connectivity index (χ4n) is 3.89. The van der Waals surface area contributed by atoms with Gasteiger partial charge in [-0.25, -0.2) is 4.79 Å². The van der Waals surface area contributed by atoms with Gasteiger partial charge in [0.05, 0.1) is 13.2 Å². The molecular weight excluding hydrogens is 394 g/mol. The summed E-state index contributed by atoms with van der Waals surface area (Å²) in [5, 5.41) is 5.22. The third-order valence-electron chi connectivity index (χ3n) is 5.58. The van der Waals surface area contributed by atoms with E-state index in [-0.39, 0.29) is 23.3 Å². The van der Waals surface area contributed by atoms with Crippen LogP contribution >= 0.6 is 0 Å². The maximum Gasteiger partial charge on any atom is 0.317 e. The van der Waals surface area contributed by atoms with Crippen LogP contribution in [0.15, 0.2) is 58.2 Å². The van der Waals surface area contributed by atoms with Crippen molar-refractivity contribution in [2.75, 3.05) is 19.7 Å². The van der Waals surface area contributed by atoms with Crippen LogP contribution < -0.4 is 15.5 Å². The molecule has 0 aliphatic carbocycles. The van der Waals surface area contributed by atoms with E-state index in [4.69, 9.17) is 9.15 Å². The molecule has 0 saturated carbocycles. The van der Waals surface area contributed by atoms with E-state index in [1.807, 2.05) is 47.8 Å². The average Bonchev–Trinajstić information content (AvgIpc) is 3.15. The van der Waals surface area contributed by atoms with Crippen LogP contribution in [-0.2, 0) is 6.54 Å². The molecule has 164 valence electrons. The van der Waals surface area contributed by atoms with Crippen LogP contribution in [-0.4, -0.2) is 41.2 Å². The summed E-state index contributed by atoms with van der Waals surface area (Å²) < 4.78 is 13.4. The zero-order chi connectivity index (χ0) is 21.8. The lowest BCUT2D eigenvalue weighted by Crippen LogP contribution is -2.47. The molecule has 1 N–H and O–H groups in total. The third kappa shape index (κ3) is 5.29. The zero-order valence-corrected chi connectivity index (χ0v) is 18.0. The minimum absolute atomic E-state index is 0.0128. The van der Waals surface area contributed by atoms with Crippen molar-refractivity contribution in [3.63, 3.8) is 0 Å². The number of hydrogen-bond donors (Lipinski definition) is 1. The van der Waals surface area contributed by atoms with Crippen molar-refractivity contribution in [2.24, 2.45) is 5.92 Å². The van der Waals surface area contributed by atoms with E-state index < -0.39 is 0 Å². The fraction of sp³-hybridized carbons (Fsp3) is 0.417. The highest BCUT2D eigenvalue weighted by atomic mass is 16.5. The van der Waals surface area contributed by atoms with Crippen molar-refractivity contribution in [2.45, 2.75) is 39.3 Å². The number of amides is 2. The van der Waals surface area contributed by atoms with Gasteiger partial charge in [-0.3, -0.25) is 4.79 Å². The molecule has 31 heavy (non-hydrogen) atoms. The molecule has 0 unspecified atom stereocenters. The summed E-state index contributed by atoms with van der Waals surface area (Å²) in [6.45, 7) is 6.25. The lowest BCUT2D eigenvalue weighted by molar-refractivity contribution is 0.142. The number of carbonyl (C=O) groups excluding carboxylic acids is 1. The highest BCUT2D eigenvalue weighted by Crippen LogP contribution is 2.19. The molecule has 1 aromatic carbocycles. The van der Waals surface area contributed by atoms with Gasteiger partial charge in [-0.05, 0) is 43.4 Å². The first kappa shape index (κ1) is 21.0. The van der Waals surface area contributed by atoms with Gasteiger partial charge in [0, 0.05) is 37.6 Å². The van der Waals surface area contributed by atoms with Gasteiger partial charge < -0.3 is 23.9 Å². The van der Waals surface area contributed by atoms with E-state index in [2.05, 4.69) is 17.4 Å².